The van der Waals surface area contributed by atoms with Gasteiger partial charge in [-0.2, -0.15) is 0 Å². The van der Waals surface area contributed by atoms with Crippen LogP contribution in [0.5, 0.6) is 0 Å². The van der Waals surface area contributed by atoms with E-state index in [4.69, 9.17) is 0 Å². The van der Waals surface area contributed by atoms with Crippen molar-refractivity contribution in [2.24, 2.45) is 5.92 Å². The maximum absolute atomic E-state index is 12.6. The fourth-order valence-electron chi connectivity index (χ4n) is 2.58. The lowest BCUT2D eigenvalue weighted by atomic mass is 9.97. The number of sulfonamides is 1. The standard InChI is InChI=1S/C15H22N2O3S/c1-11(2)14(16-21(3,19)20)15(18)17-9-8-12-6-4-5-7-13(12)10-17/h4-7,11,14,16H,8-10H2,1-3H3/t14-/m1/s1. The highest BCUT2D eigenvalue weighted by Gasteiger charge is 2.31. The average Bonchev–Trinajstić information content (AvgIpc) is 2.42. The number of benzene rings is 1. The minimum Gasteiger partial charge on any atom is -0.337 e. The van der Waals surface area contributed by atoms with Crippen molar-refractivity contribution >= 4 is 15.9 Å². The van der Waals surface area contributed by atoms with Crippen LogP contribution in [0.15, 0.2) is 24.3 Å². The van der Waals surface area contributed by atoms with E-state index >= 15 is 0 Å². The first-order valence-corrected chi connectivity index (χ1v) is 9.00. The van der Waals surface area contributed by atoms with Gasteiger partial charge in [-0.05, 0) is 23.5 Å². The van der Waals surface area contributed by atoms with Crippen LogP contribution in [-0.2, 0) is 27.8 Å². The van der Waals surface area contributed by atoms with E-state index in [-0.39, 0.29) is 11.8 Å². The topological polar surface area (TPSA) is 66.5 Å². The Morgan fingerprint density at radius 3 is 2.43 bits per heavy atom. The predicted octanol–water partition coefficient (Wildman–Crippen LogP) is 1.15. The molecule has 1 aliphatic heterocycles. The number of hydrogen-bond acceptors (Lipinski definition) is 3. The Morgan fingerprint density at radius 1 is 1.24 bits per heavy atom. The van der Waals surface area contributed by atoms with Crippen LogP contribution in [-0.4, -0.2) is 38.1 Å². The fraction of sp³-hybridized carbons (Fsp3) is 0.533. The number of nitrogens with zero attached hydrogens (tertiary/aromatic N) is 1. The number of carbonyl (C=O) groups is 1. The Labute approximate surface area is 126 Å². The molecular weight excluding hydrogens is 288 g/mol. The summed E-state index contributed by atoms with van der Waals surface area (Å²) >= 11 is 0. The van der Waals surface area contributed by atoms with Crippen molar-refractivity contribution in [3.63, 3.8) is 0 Å². The molecule has 0 bridgehead atoms. The number of carbonyl (C=O) groups excluding carboxylic acids is 1. The molecule has 0 radical (unpaired) electrons. The number of hydrogen-bond donors (Lipinski definition) is 1. The van der Waals surface area contributed by atoms with Gasteiger partial charge in [-0.1, -0.05) is 38.1 Å². The van der Waals surface area contributed by atoms with Crippen LogP contribution >= 0.6 is 0 Å². The van der Waals surface area contributed by atoms with Gasteiger partial charge in [-0.25, -0.2) is 13.1 Å². The lowest BCUT2D eigenvalue weighted by Crippen LogP contribution is -2.51. The zero-order chi connectivity index (χ0) is 15.6. The van der Waals surface area contributed by atoms with Crippen molar-refractivity contribution in [1.29, 1.82) is 0 Å². The predicted molar refractivity (Wildman–Crippen MR) is 82.2 cm³/mol. The zero-order valence-corrected chi connectivity index (χ0v) is 13.5. The van der Waals surface area contributed by atoms with Gasteiger partial charge >= 0.3 is 0 Å². The molecule has 1 aromatic carbocycles. The molecule has 0 fully saturated rings. The molecule has 0 saturated heterocycles. The van der Waals surface area contributed by atoms with Crippen LogP contribution in [0.2, 0.25) is 0 Å². The van der Waals surface area contributed by atoms with Gasteiger partial charge in [0.05, 0.1) is 6.26 Å². The van der Waals surface area contributed by atoms with Gasteiger partial charge in [0.25, 0.3) is 0 Å². The van der Waals surface area contributed by atoms with E-state index in [0.29, 0.717) is 13.1 Å². The Balaban J connectivity index is 2.16. The highest BCUT2D eigenvalue weighted by molar-refractivity contribution is 7.88. The zero-order valence-electron chi connectivity index (χ0n) is 12.7. The molecule has 1 aliphatic rings. The van der Waals surface area contributed by atoms with Crippen LogP contribution in [0.25, 0.3) is 0 Å². The van der Waals surface area contributed by atoms with E-state index in [1.165, 1.54) is 5.56 Å². The molecule has 0 unspecified atom stereocenters. The van der Waals surface area contributed by atoms with E-state index in [1.54, 1.807) is 4.90 Å². The molecule has 5 nitrogen and oxygen atoms in total. The molecule has 0 saturated carbocycles. The summed E-state index contributed by atoms with van der Waals surface area (Å²) in [4.78, 5) is 14.4. The molecule has 6 heteroatoms. The molecule has 1 amide bonds. The summed E-state index contributed by atoms with van der Waals surface area (Å²) in [5.74, 6) is -0.241. The van der Waals surface area contributed by atoms with Crippen molar-refractivity contribution in [2.45, 2.75) is 32.9 Å². The molecule has 116 valence electrons. The van der Waals surface area contributed by atoms with Gasteiger partial charge in [0.2, 0.25) is 15.9 Å². The molecule has 2 rings (SSSR count). The van der Waals surface area contributed by atoms with Gasteiger partial charge in [0.1, 0.15) is 6.04 Å². The molecule has 1 aromatic rings. The Bertz CT molecular complexity index is 626. The van der Waals surface area contributed by atoms with E-state index in [2.05, 4.69) is 10.8 Å². The molecule has 21 heavy (non-hydrogen) atoms. The largest absolute Gasteiger partial charge is 0.337 e. The summed E-state index contributed by atoms with van der Waals surface area (Å²) in [5, 5.41) is 0. The van der Waals surface area contributed by atoms with Crippen molar-refractivity contribution in [3.05, 3.63) is 35.4 Å². The van der Waals surface area contributed by atoms with E-state index in [9.17, 15) is 13.2 Å². The minimum absolute atomic E-state index is 0.0932. The number of nitrogens with one attached hydrogen (secondary N) is 1. The van der Waals surface area contributed by atoms with E-state index < -0.39 is 16.1 Å². The normalized spacial score (nSPS) is 16.7. The number of amides is 1. The minimum atomic E-state index is -3.41. The van der Waals surface area contributed by atoms with Crippen molar-refractivity contribution in [1.82, 2.24) is 9.62 Å². The maximum Gasteiger partial charge on any atom is 0.241 e. The second-order valence-electron chi connectivity index (χ2n) is 5.89. The highest BCUT2D eigenvalue weighted by Crippen LogP contribution is 2.20. The quantitative estimate of drug-likeness (QED) is 0.907. The summed E-state index contributed by atoms with van der Waals surface area (Å²) in [7, 11) is -3.41. The number of fused-ring (bicyclic) bond motifs is 1. The first-order valence-electron chi connectivity index (χ1n) is 7.11. The summed E-state index contributed by atoms with van der Waals surface area (Å²) < 4.78 is 25.4. The Hall–Kier alpha value is -1.40. The molecule has 1 heterocycles. The number of rotatable bonds is 4. The fourth-order valence-corrected chi connectivity index (χ4v) is 3.42. The Kier molecular flexibility index (Phi) is 4.68. The third kappa shape index (κ3) is 4.04. The van der Waals surface area contributed by atoms with Crippen LogP contribution in [0.3, 0.4) is 0 Å². The Morgan fingerprint density at radius 2 is 1.86 bits per heavy atom. The third-order valence-corrected chi connectivity index (χ3v) is 4.40. The monoisotopic (exact) mass is 310 g/mol. The summed E-state index contributed by atoms with van der Waals surface area (Å²) in [5.41, 5.74) is 2.40. The molecule has 1 N–H and O–H groups in total. The summed E-state index contributed by atoms with van der Waals surface area (Å²) in [6, 6.07) is 7.35. The molecular formula is C15H22N2O3S. The van der Waals surface area contributed by atoms with Crippen LogP contribution < -0.4 is 4.72 Å². The van der Waals surface area contributed by atoms with Gasteiger partial charge in [-0.15, -0.1) is 0 Å². The van der Waals surface area contributed by atoms with Gasteiger partial charge in [-0.3, -0.25) is 4.79 Å². The first kappa shape index (κ1) is 16.0. The van der Waals surface area contributed by atoms with Crippen molar-refractivity contribution in [2.75, 3.05) is 12.8 Å². The summed E-state index contributed by atoms with van der Waals surface area (Å²) in [6.45, 7) is 4.87. The second-order valence-corrected chi connectivity index (χ2v) is 7.67. The molecule has 0 aliphatic carbocycles. The molecule has 1 atom stereocenters. The maximum atomic E-state index is 12.6. The van der Waals surface area contributed by atoms with Crippen molar-refractivity contribution < 1.29 is 13.2 Å². The smallest absolute Gasteiger partial charge is 0.241 e. The molecule has 0 aromatic heterocycles. The van der Waals surface area contributed by atoms with Crippen molar-refractivity contribution in [3.8, 4) is 0 Å². The van der Waals surface area contributed by atoms with E-state index in [1.807, 2.05) is 32.0 Å². The first-order chi connectivity index (χ1) is 9.78. The van der Waals surface area contributed by atoms with Crippen LogP contribution in [0, 0.1) is 5.92 Å². The lowest BCUT2D eigenvalue weighted by Gasteiger charge is -2.33. The van der Waals surface area contributed by atoms with Gasteiger partial charge in [0.15, 0.2) is 0 Å². The average molecular weight is 310 g/mol. The second kappa shape index (κ2) is 6.15. The SMILES string of the molecule is CC(C)[C@@H](NS(C)(=O)=O)C(=O)N1CCc2ccccc2C1. The van der Waals surface area contributed by atoms with Gasteiger partial charge in [0, 0.05) is 13.1 Å². The van der Waals surface area contributed by atoms with E-state index in [0.717, 1.165) is 18.2 Å². The lowest BCUT2D eigenvalue weighted by molar-refractivity contribution is -0.135. The molecule has 0 spiro atoms. The summed E-state index contributed by atoms with van der Waals surface area (Å²) in [6.07, 6.45) is 1.90. The highest BCUT2D eigenvalue weighted by atomic mass is 32.2. The van der Waals surface area contributed by atoms with Crippen LogP contribution in [0.1, 0.15) is 25.0 Å². The van der Waals surface area contributed by atoms with Crippen LogP contribution in [0.4, 0.5) is 0 Å². The van der Waals surface area contributed by atoms with Gasteiger partial charge < -0.3 is 4.90 Å². The third-order valence-electron chi connectivity index (χ3n) is 3.72.